The minimum atomic E-state index is -0.590. The first kappa shape index (κ1) is 16.1. The molecule has 2 N–H and O–H groups in total. The summed E-state index contributed by atoms with van der Waals surface area (Å²) in [5.41, 5.74) is 0.771. The number of aliphatic hydroxyl groups is 1. The molecule has 1 aliphatic rings. The Hall–Kier alpha value is -1.26. The lowest BCUT2D eigenvalue weighted by atomic mass is 9.87. The molecule has 4 nitrogen and oxygen atoms in total. The van der Waals surface area contributed by atoms with E-state index in [1.807, 2.05) is 18.2 Å². The topological polar surface area (TPSA) is 50.7 Å². The minimum absolute atomic E-state index is 0.514. The second-order valence-corrected chi connectivity index (χ2v) is 6.00. The van der Waals surface area contributed by atoms with Crippen molar-refractivity contribution in [2.24, 2.45) is 5.92 Å². The van der Waals surface area contributed by atoms with Crippen LogP contribution in [-0.4, -0.2) is 31.9 Å². The van der Waals surface area contributed by atoms with E-state index in [9.17, 15) is 5.11 Å². The van der Waals surface area contributed by atoms with Crippen LogP contribution < -0.4 is 14.8 Å². The van der Waals surface area contributed by atoms with Gasteiger partial charge in [0.1, 0.15) is 11.5 Å². The normalized spacial score (nSPS) is 23.6. The second-order valence-electron chi connectivity index (χ2n) is 6.00. The number of aliphatic hydroxyl groups excluding tert-OH is 1. The van der Waals surface area contributed by atoms with E-state index in [1.54, 1.807) is 14.2 Å². The van der Waals surface area contributed by atoms with Crippen LogP contribution in [0.2, 0.25) is 0 Å². The SMILES string of the molecule is COc1ccc(OC)c(C(O)CNC2CCCC(C)C2)c1. The fourth-order valence-corrected chi connectivity index (χ4v) is 3.11. The Morgan fingerprint density at radius 3 is 2.76 bits per heavy atom. The standard InChI is InChI=1S/C17H27NO3/c1-12-5-4-6-13(9-12)18-11-16(19)15-10-14(20-2)7-8-17(15)21-3/h7-8,10,12-13,16,18-19H,4-6,9,11H2,1-3H3. The lowest BCUT2D eigenvalue weighted by molar-refractivity contribution is 0.158. The summed E-state index contributed by atoms with van der Waals surface area (Å²) in [4.78, 5) is 0. The quantitative estimate of drug-likeness (QED) is 0.847. The van der Waals surface area contributed by atoms with Gasteiger partial charge in [-0.05, 0) is 37.0 Å². The maximum atomic E-state index is 10.5. The summed E-state index contributed by atoms with van der Waals surface area (Å²) >= 11 is 0. The third kappa shape index (κ3) is 4.35. The van der Waals surface area contributed by atoms with Crippen LogP contribution in [0.3, 0.4) is 0 Å². The van der Waals surface area contributed by atoms with E-state index in [4.69, 9.17) is 9.47 Å². The molecule has 3 unspecified atom stereocenters. The molecule has 0 saturated heterocycles. The van der Waals surface area contributed by atoms with Crippen LogP contribution in [0.25, 0.3) is 0 Å². The molecular weight excluding hydrogens is 266 g/mol. The number of methoxy groups -OCH3 is 2. The highest BCUT2D eigenvalue weighted by Gasteiger charge is 2.20. The molecule has 1 aliphatic carbocycles. The van der Waals surface area contributed by atoms with Crippen molar-refractivity contribution in [3.63, 3.8) is 0 Å². The summed E-state index contributed by atoms with van der Waals surface area (Å²) in [6.07, 6.45) is 4.41. The van der Waals surface area contributed by atoms with E-state index in [1.165, 1.54) is 25.7 Å². The van der Waals surface area contributed by atoms with E-state index < -0.39 is 6.10 Å². The van der Waals surface area contributed by atoms with Crippen molar-refractivity contribution in [2.75, 3.05) is 20.8 Å². The van der Waals surface area contributed by atoms with Gasteiger partial charge >= 0.3 is 0 Å². The molecule has 2 rings (SSSR count). The van der Waals surface area contributed by atoms with Gasteiger partial charge in [0.2, 0.25) is 0 Å². The molecule has 1 saturated carbocycles. The molecule has 0 aromatic heterocycles. The van der Waals surface area contributed by atoms with Gasteiger partial charge in [-0.2, -0.15) is 0 Å². The zero-order chi connectivity index (χ0) is 15.2. The summed E-state index contributed by atoms with van der Waals surface area (Å²) in [5, 5.41) is 13.9. The van der Waals surface area contributed by atoms with Gasteiger partial charge in [0, 0.05) is 18.2 Å². The zero-order valence-corrected chi connectivity index (χ0v) is 13.3. The van der Waals surface area contributed by atoms with Crippen LogP contribution in [0.4, 0.5) is 0 Å². The van der Waals surface area contributed by atoms with Gasteiger partial charge in [0.05, 0.1) is 20.3 Å². The number of nitrogens with one attached hydrogen (secondary N) is 1. The molecule has 1 aromatic carbocycles. The van der Waals surface area contributed by atoms with Crippen molar-refractivity contribution in [2.45, 2.75) is 44.8 Å². The molecule has 1 aromatic rings. The van der Waals surface area contributed by atoms with E-state index >= 15 is 0 Å². The first-order chi connectivity index (χ1) is 10.1. The molecule has 118 valence electrons. The number of hydrogen-bond acceptors (Lipinski definition) is 4. The average molecular weight is 293 g/mol. The zero-order valence-electron chi connectivity index (χ0n) is 13.3. The molecule has 0 radical (unpaired) electrons. The van der Waals surface area contributed by atoms with Crippen molar-refractivity contribution in [1.29, 1.82) is 0 Å². The molecule has 21 heavy (non-hydrogen) atoms. The molecule has 0 amide bonds. The van der Waals surface area contributed by atoms with Gasteiger partial charge < -0.3 is 19.9 Å². The van der Waals surface area contributed by atoms with Crippen LogP contribution in [0, 0.1) is 5.92 Å². The Balaban J connectivity index is 1.97. The third-order valence-corrected chi connectivity index (χ3v) is 4.33. The summed E-state index contributed by atoms with van der Waals surface area (Å²) in [7, 11) is 3.24. The molecule has 0 aliphatic heterocycles. The maximum Gasteiger partial charge on any atom is 0.124 e. The highest BCUT2D eigenvalue weighted by atomic mass is 16.5. The van der Waals surface area contributed by atoms with Crippen molar-refractivity contribution in [1.82, 2.24) is 5.32 Å². The van der Waals surface area contributed by atoms with Crippen molar-refractivity contribution in [3.05, 3.63) is 23.8 Å². The Bertz CT molecular complexity index is 450. The fourth-order valence-electron chi connectivity index (χ4n) is 3.11. The molecule has 0 spiro atoms. The molecule has 4 heteroatoms. The highest BCUT2D eigenvalue weighted by Crippen LogP contribution is 2.30. The third-order valence-electron chi connectivity index (χ3n) is 4.33. The van der Waals surface area contributed by atoms with E-state index in [0.717, 1.165) is 17.2 Å². The van der Waals surface area contributed by atoms with Crippen LogP contribution in [0.5, 0.6) is 11.5 Å². The molecule has 0 heterocycles. The number of ether oxygens (including phenoxy) is 2. The average Bonchev–Trinajstić information content (AvgIpc) is 2.52. The molecule has 0 bridgehead atoms. The van der Waals surface area contributed by atoms with E-state index in [-0.39, 0.29) is 0 Å². The van der Waals surface area contributed by atoms with E-state index in [2.05, 4.69) is 12.2 Å². The van der Waals surface area contributed by atoms with Gasteiger partial charge in [-0.1, -0.05) is 19.8 Å². The Morgan fingerprint density at radius 1 is 1.29 bits per heavy atom. The predicted octanol–water partition coefficient (Wildman–Crippen LogP) is 2.91. The van der Waals surface area contributed by atoms with Gasteiger partial charge in [0.25, 0.3) is 0 Å². The second kappa shape index (κ2) is 7.66. The summed E-state index contributed by atoms with van der Waals surface area (Å²) < 4.78 is 10.6. The van der Waals surface area contributed by atoms with Crippen LogP contribution in [-0.2, 0) is 0 Å². The lowest BCUT2D eigenvalue weighted by Gasteiger charge is -2.28. The predicted molar refractivity (Wildman–Crippen MR) is 83.9 cm³/mol. The smallest absolute Gasteiger partial charge is 0.124 e. The van der Waals surface area contributed by atoms with Gasteiger partial charge in [-0.25, -0.2) is 0 Å². The molecule has 1 fully saturated rings. The Morgan fingerprint density at radius 2 is 2.10 bits per heavy atom. The van der Waals surface area contributed by atoms with Crippen LogP contribution in [0.1, 0.15) is 44.3 Å². The Kier molecular flexibility index (Phi) is 5.88. The summed E-state index contributed by atoms with van der Waals surface area (Å²) in [5.74, 6) is 2.21. The van der Waals surface area contributed by atoms with Gasteiger partial charge in [0.15, 0.2) is 0 Å². The molecular formula is C17H27NO3. The number of benzene rings is 1. The van der Waals surface area contributed by atoms with Crippen molar-refractivity contribution in [3.8, 4) is 11.5 Å². The van der Waals surface area contributed by atoms with Gasteiger partial charge in [-0.3, -0.25) is 0 Å². The minimum Gasteiger partial charge on any atom is -0.497 e. The number of rotatable bonds is 6. The van der Waals surface area contributed by atoms with Crippen molar-refractivity contribution < 1.29 is 14.6 Å². The Labute approximate surface area is 127 Å². The fraction of sp³-hybridized carbons (Fsp3) is 0.647. The maximum absolute atomic E-state index is 10.5. The van der Waals surface area contributed by atoms with Gasteiger partial charge in [-0.15, -0.1) is 0 Å². The van der Waals surface area contributed by atoms with Crippen LogP contribution in [0.15, 0.2) is 18.2 Å². The van der Waals surface area contributed by atoms with E-state index in [0.29, 0.717) is 18.3 Å². The number of hydrogen-bond donors (Lipinski definition) is 2. The first-order valence-electron chi connectivity index (χ1n) is 7.77. The molecule has 3 atom stereocenters. The van der Waals surface area contributed by atoms with Crippen LogP contribution >= 0.6 is 0 Å². The lowest BCUT2D eigenvalue weighted by Crippen LogP contribution is -2.36. The summed E-state index contributed by atoms with van der Waals surface area (Å²) in [6.45, 7) is 2.84. The summed E-state index contributed by atoms with van der Waals surface area (Å²) in [6, 6.07) is 6.03. The largest absolute Gasteiger partial charge is 0.497 e. The van der Waals surface area contributed by atoms with Crippen molar-refractivity contribution >= 4 is 0 Å². The first-order valence-corrected chi connectivity index (χ1v) is 7.77. The highest BCUT2D eigenvalue weighted by molar-refractivity contribution is 5.41. The monoisotopic (exact) mass is 293 g/mol.